The van der Waals surface area contributed by atoms with Gasteiger partial charge in [-0.3, -0.25) is 14.9 Å². The third-order valence-electron chi connectivity index (χ3n) is 3.43. The molecule has 3 rings (SSSR count). The summed E-state index contributed by atoms with van der Waals surface area (Å²) in [5.74, 6) is -0.679. The van der Waals surface area contributed by atoms with Crippen LogP contribution in [0.2, 0.25) is 0 Å². The summed E-state index contributed by atoms with van der Waals surface area (Å²) in [6.07, 6.45) is 0. The van der Waals surface area contributed by atoms with Crippen LogP contribution >= 0.6 is 0 Å². The van der Waals surface area contributed by atoms with E-state index < -0.39 is 16.3 Å². The molecule has 22 heavy (non-hydrogen) atoms. The number of pyridine rings is 1. The quantitative estimate of drug-likeness (QED) is 0.338. The van der Waals surface area contributed by atoms with E-state index >= 15 is 0 Å². The molecule has 0 spiro atoms. The van der Waals surface area contributed by atoms with Crippen molar-refractivity contribution in [2.45, 2.75) is 0 Å². The maximum absolute atomic E-state index is 12.2. The molecule has 0 fully saturated rings. The fourth-order valence-electron chi connectivity index (χ4n) is 2.44. The van der Waals surface area contributed by atoms with Crippen molar-refractivity contribution in [3.05, 3.63) is 62.4 Å². The highest BCUT2D eigenvalue weighted by Gasteiger charge is 2.18. The van der Waals surface area contributed by atoms with Crippen molar-refractivity contribution in [3.8, 4) is 0 Å². The summed E-state index contributed by atoms with van der Waals surface area (Å²) in [7, 11) is 1.21. The summed E-state index contributed by atoms with van der Waals surface area (Å²) in [5.41, 5.74) is -0.268. The van der Waals surface area contributed by atoms with Crippen LogP contribution in [0.4, 0.5) is 5.69 Å². The van der Waals surface area contributed by atoms with Gasteiger partial charge in [-0.05, 0) is 6.07 Å². The van der Waals surface area contributed by atoms with Crippen molar-refractivity contribution in [3.63, 3.8) is 0 Å². The predicted molar refractivity (Wildman–Crippen MR) is 80.1 cm³/mol. The van der Waals surface area contributed by atoms with Gasteiger partial charge in [0.05, 0.1) is 28.3 Å². The predicted octanol–water partition coefficient (Wildman–Crippen LogP) is 2.38. The van der Waals surface area contributed by atoms with Crippen LogP contribution in [0.25, 0.3) is 21.7 Å². The molecule has 1 N–H and O–H groups in total. The molecular weight excluding hydrogens is 288 g/mol. The van der Waals surface area contributed by atoms with Gasteiger partial charge in [-0.25, -0.2) is 4.79 Å². The van der Waals surface area contributed by atoms with Gasteiger partial charge in [0, 0.05) is 17.5 Å². The zero-order valence-electron chi connectivity index (χ0n) is 11.5. The van der Waals surface area contributed by atoms with E-state index in [2.05, 4.69) is 9.72 Å². The van der Waals surface area contributed by atoms with Gasteiger partial charge in [-0.2, -0.15) is 0 Å². The highest BCUT2D eigenvalue weighted by molar-refractivity contribution is 6.10. The second-order valence-electron chi connectivity index (χ2n) is 4.66. The average Bonchev–Trinajstić information content (AvgIpc) is 2.53. The first-order valence-electron chi connectivity index (χ1n) is 6.34. The Morgan fingerprint density at radius 1 is 1.18 bits per heavy atom. The van der Waals surface area contributed by atoms with Crippen LogP contribution in [-0.4, -0.2) is 23.0 Å². The molecule has 0 radical (unpaired) electrons. The van der Waals surface area contributed by atoms with Gasteiger partial charge < -0.3 is 9.72 Å². The van der Waals surface area contributed by atoms with Crippen LogP contribution in [0.15, 0.2) is 41.2 Å². The molecule has 0 aliphatic heterocycles. The van der Waals surface area contributed by atoms with Gasteiger partial charge in [0.1, 0.15) is 5.69 Å². The molecule has 0 aliphatic rings. The summed E-state index contributed by atoms with van der Waals surface area (Å²) in [5, 5.41) is 12.2. The van der Waals surface area contributed by atoms with Gasteiger partial charge in [0.15, 0.2) is 5.43 Å². The summed E-state index contributed by atoms with van der Waals surface area (Å²) in [4.78, 5) is 37.3. The fraction of sp³-hybridized carbons (Fsp3) is 0.0667. The van der Waals surface area contributed by atoms with Gasteiger partial charge >= 0.3 is 5.97 Å². The second kappa shape index (κ2) is 4.96. The van der Waals surface area contributed by atoms with Crippen LogP contribution in [0.5, 0.6) is 0 Å². The number of nitro groups is 1. The van der Waals surface area contributed by atoms with E-state index in [1.165, 1.54) is 13.2 Å². The van der Waals surface area contributed by atoms with E-state index in [1.807, 2.05) is 0 Å². The summed E-state index contributed by atoms with van der Waals surface area (Å²) in [6.45, 7) is 0. The lowest BCUT2D eigenvalue weighted by Crippen LogP contribution is -2.11. The highest BCUT2D eigenvalue weighted by Crippen LogP contribution is 2.30. The van der Waals surface area contributed by atoms with Crippen LogP contribution in [0.3, 0.4) is 0 Å². The summed E-state index contributed by atoms with van der Waals surface area (Å²) < 4.78 is 4.60. The number of esters is 1. The minimum Gasteiger partial charge on any atom is -0.464 e. The zero-order chi connectivity index (χ0) is 15.9. The molecule has 1 aromatic heterocycles. The lowest BCUT2D eigenvalue weighted by Gasteiger charge is -2.07. The minimum atomic E-state index is -0.679. The zero-order valence-corrected chi connectivity index (χ0v) is 11.5. The number of benzene rings is 2. The molecule has 110 valence electrons. The Morgan fingerprint density at radius 2 is 1.86 bits per heavy atom. The van der Waals surface area contributed by atoms with Crippen LogP contribution < -0.4 is 5.43 Å². The number of nitrogens with zero attached hydrogens (tertiary/aromatic N) is 1. The Bertz CT molecular complexity index is 990. The molecule has 0 saturated carbocycles. The molecule has 0 atom stereocenters. The largest absolute Gasteiger partial charge is 0.464 e. The molecule has 3 aromatic rings. The molecular formula is C15H10N2O5. The lowest BCUT2D eigenvalue weighted by atomic mass is 10.0. The maximum atomic E-state index is 12.2. The summed E-state index contributed by atoms with van der Waals surface area (Å²) in [6, 6.07) is 8.92. The minimum absolute atomic E-state index is 0.000920. The Labute approximate surface area is 123 Å². The number of methoxy groups -OCH3 is 1. The number of aromatic amines is 1. The van der Waals surface area contributed by atoms with Crippen molar-refractivity contribution in [1.29, 1.82) is 0 Å². The number of rotatable bonds is 2. The number of nitrogens with one attached hydrogen (secondary N) is 1. The first-order chi connectivity index (χ1) is 10.5. The molecule has 0 unspecified atom stereocenters. The van der Waals surface area contributed by atoms with Crippen molar-refractivity contribution in [2.75, 3.05) is 7.11 Å². The normalized spacial score (nSPS) is 10.8. The molecule has 0 amide bonds. The van der Waals surface area contributed by atoms with Crippen molar-refractivity contribution in [1.82, 2.24) is 4.98 Å². The number of nitro benzene ring substituents is 1. The van der Waals surface area contributed by atoms with E-state index in [0.29, 0.717) is 16.3 Å². The molecule has 0 bridgehead atoms. The smallest absolute Gasteiger partial charge is 0.354 e. The number of H-pyrrole nitrogens is 1. The Morgan fingerprint density at radius 3 is 2.50 bits per heavy atom. The average molecular weight is 298 g/mol. The third-order valence-corrected chi connectivity index (χ3v) is 3.43. The van der Waals surface area contributed by atoms with Crippen LogP contribution in [-0.2, 0) is 4.74 Å². The summed E-state index contributed by atoms with van der Waals surface area (Å²) >= 11 is 0. The molecule has 7 heteroatoms. The number of carbonyl (C=O) groups excluding carboxylic acids is 1. The number of fused-ring (bicyclic) bond motifs is 3. The highest BCUT2D eigenvalue weighted by atomic mass is 16.6. The Kier molecular flexibility index (Phi) is 3.10. The monoisotopic (exact) mass is 298 g/mol. The Balaban J connectivity index is 2.52. The number of ether oxygens (including phenoxy) is 1. The number of hydrogen-bond donors (Lipinski definition) is 1. The lowest BCUT2D eigenvalue weighted by molar-refractivity contribution is -0.382. The fourth-order valence-corrected chi connectivity index (χ4v) is 2.44. The van der Waals surface area contributed by atoms with Gasteiger partial charge in [-0.1, -0.05) is 18.2 Å². The van der Waals surface area contributed by atoms with E-state index in [4.69, 9.17) is 0 Å². The topological polar surface area (TPSA) is 102 Å². The van der Waals surface area contributed by atoms with Gasteiger partial charge in [0.25, 0.3) is 5.69 Å². The third kappa shape index (κ3) is 1.99. The SMILES string of the molecule is COC(=O)c1cc(=O)c2cc([N+](=O)[O-])c3ccccc3c2[nH]1. The molecule has 2 aromatic carbocycles. The number of aromatic nitrogens is 1. The number of non-ortho nitro benzene ring substituents is 1. The van der Waals surface area contributed by atoms with Crippen molar-refractivity contribution in [2.24, 2.45) is 0 Å². The van der Waals surface area contributed by atoms with Crippen LogP contribution in [0, 0.1) is 10.1 Å². The number of carbonyl (C=O) groups is 1. The van der Waals surface area contributed by atoms with Gasteiger partial charge in [-0.15, -0.1) is 0 Å². The van der Waals surface area contributed by atoms with E-state index in [1.54, 1.807) is 24.3 Å². The maximum Gasteiger partial charge on any atom is 0.354 e. The van der Waals surface area contributed by atoms with Gasteiger partial charge in [0.2, 0.25) is 0 Å². The van der Waals surface area contributed by atoms with Crippen molar-refractivity contribution < 1.29 is 14.5 Å². The first kappa shape index (κ1) is 13.7. The van der Waals surface area contributed by atoms with E-state index in [9.17, 15) is 19.7 Å². The van der Waals surface area contributed by atoms with E-state index in [0.717, 1.165) is 6.07 Å². The molecule has 0 saturated heterocycles. The Hall–Kier alpha value is -3.22. The first-order valence-corrected chi connectivity index (χ1v) is 6.34. The van der Waals surface area contributed by atoms with Crippen molar-refractivity contribution >= 4 is 33.3 Å². The second-order valence-corrected chi connectivity index (χ2v) is 4.66. The molecule has 0 aliphatic carbocycles. The van der Waals surface area contributed by atoms with E-state index in [-0.39, 0.29) is 16.8 Å². The standard InChI is InChI=1S/C15H10N2O5/c1-22-15(19)11-7-13(18)10-6-12(17(20)21)8-4-2-3-5-9(8)14(10)16-11/h2-7H,1H3,(H,16,18). The molecule has 1 heterocycles. The molecule has 7 nitrogen and oxygen atoms in total. The number of hydrogen-bond acceptors (Lipinski definition) is 5. The van der Waals surface area contributed by atoms with Crippen LogP contribution in [0.1, 0.15) is 10.5 Å².